The lowest BCUT2D eigenvalue weighted by Crippen LogP contribution is -2.32. The van der Waals surface area contributed by atoms with Gasteiger partial charge in [0, 0.05) is 12.1 Å². The van der Waals surface area contributed by atoms with Crippen molar-refractivity contribution in [3.8, 4) is 11.5 Å². The summed E-state index contributed by atoms with van der Waals surface area (Å²) in [5.74, 6) is 1.36. The molecular formula is C20H25NO3. The van der Waals surface area contributed by atoms with Crippen LogP contribution in [0.15, 0.2) is 42.5 Å². The molecule has 1 unspecified atom stereocenters. The van der Waals surface area contributed by atoms with E-state index in [0.29, 0.717) is 17.5 Å². The van der Waals surface area contributed by atoms with E-state index in [-0.39, 0.29) is 19.3 Å². The van der Waals surface area contributed by atoms with Crippen molar-refractivity contribution in [3.05, 3.63) is 59.2 Å². The van der Waals surface area contributed by atoms with Gasteiger partial charge in [0.25, 0.3) is 0 Å². The summed E-state index contributed by atoms with van der Waals surface area (Å²) < 4.78 is 10.9. The standard InChI is InChI=1S/C20H25NO3/c1-14(21-18-11-16-5-3-4-6-17(16)12-18)15-7-8-19(24-10-9-22)20(13-15)23-2/h3-8,13-14,18,21-22H,9-12H2,1-2H3. The maximum absolute atomic E-state index is 8.89. The molecule has 0 aromatic heterocycles. The highest BCUT2D eigenvalue weighted by molar-refractivity contribution is 5.44. The molecule has 0 aliphatic heterocycles. The zero-order chi connectivity index (χ0) is 16.9. The second-order valence-electron chi connectivity index (χ2n) is 6.24. The second-order valence-corrected chi connectivity index (χ2v) is 6.24. The fourth-order valence-corrected chi connectivity index (χ4v) is 3.35. The molecule has 0 fully saturated rings. The minimum atomic E-state index is -0.00883. The van der Waals surface area contributed by atoms with Crippen LogP contribution in [0.3, 0.4) is 0 Å². The Kier molecular flexibility index (Phi) is 5.38. The zero-order valence-electron chi connectivity index (χ0n) is 14.3. The summed E-state index contributed by atoms with van der Waals surface area (Å²) in [6, 6.07) is 15.3. The van der Waals surface area contributed by atoms with Gasteiger partial charge in [-0.25, -0.2) is 0 Å². The molecule has 0 saturated heterocycles. The van der Waals surface area contributed by atoms with Gasteiger partial charge in [-0.1, -0.05) is 30.3 Å². The number of rotatable bonds is 7. The molecule has 0 spiro atoms. The van der Waals surface area contributed by atoms with Crippen LogP contribution in [0.5, 0.6) is 11.5 Å². The fourth-order valence-electron chi connectivity index (χ4n) is 3.35. The lowest BCUT2D eigenvalue weighted by atomic mass is 10.1. The van der Waals surface area contributed by atoms with Crippen molar-refractivity contribution >= 4 is 0 Å². The van der Waals surface area contributed by atoms with E-state index in [2.05, 4.69) is 42.6 Å². The van der Waals surface area contributed by atoms with E-state index >= 15 is 0 Å². The summed E-state index contributed by atoms with van der Waals surface area (Å²) in [7, 11) is 1.64. The predicted octanol–water partition coefficient (Wildman–Crippen LogP) is 2.88. The zero-order valence-corrected chi connectivity index (χ0v) is 14.3. The minimum Gasteiger partial charge on any atom is -0.493 e. The van der Waals surface area contributed by atoms with Crippen molar-refractivity contribution < 1.29 is 14.6 Å². The highest BCUT2D eigenvalue weighted by Gasteiger charge is 2.22. The number of ether oxygens (including phenoxy) is 2. The van der Waals surface area contributed by atoms with Crippen molar-refractivity contribution in [1.82, 2.24) is 5.32 Å². The molecule has 1 aliphatic carbocycles. The first kappa shape index (κ1) is 16.8. The minimum absolute atomic E-state index is 0.00883. The van der Waals surface area contributed by atoms with Gasteiger partial charge in [-0.15, -0.1) is 0 Å². The Hall–Kier alpha value is -2.04. The average molecular weight is 327 g/mol. The van der Waals surface area contributed by atoms with Crippen LogP contribution in [0.25, 0.3) is 0 Å². The van der Waals surface area contributed by atoms with Crippen molar-refractivity contribution in [2.75, 3.05) is 20.3 Å². The van der Waals surface area contributed by atoms with Gasteiger partial charge in [0.1, 0.15) is 6.61 Å². The monoisotopic (exact) mass is 327 g/mol. The van der Waals surface area contributed by atoms with Gasteiger partial charge < -0.3 is 19.9 Å². The predicted molar refractivity (Wildman–Crippen MR) is 94.8 cm³/mol. The first-order valence-electron chi connectivity index (χ1n) is 8.45. The van der Waals surface area contributed by atoms with Gasteiger partial charge in [-0.05, 0) is 48.6 Å². The van der Waals surface area contributed by atoms with Gasteiger partial charge in [0.05, 0.1) is 13.7 Å². The molecule has 128 valence electrons. The van der Waals surface area contributed by atoms with E-state index in [9.17, 15) is 0 Å². The molecule has 0 amide bonds. The Bertz CT molecular complexity index is 661. The molecule has 0 bridgehead atoms. The van der Waals surface area contributed by atoms with Gasteiger partial charge in [-0.2, -0.15) is 0 Å². The van der Waals surface area contributed by atoms with Crippen LogP contribution in [0.2, 0.25) is 0 Å². The molecule has 1 atom stereocenters. The maximum Gasteiger partial charge on any atom is 0.161 e. The Balaban J connectivity index is 1.66. The third-order valence-electron chi connectivity index (χ3n) is 4.57. The summed E-state index contributed by atoms with van der Waals surface area (Å²) in [5.41, 5.74) is 4.07. The highest BCUT2D eigenvalue weighted by atomic mass is 16.5. The number of hydrogen-bond donors (Lipinski definition) is 2. The Labute approximate surface area is 143 Å². The second kappa shape index (κ2) is 7.69. The van der Waals surface area contributed by atoms with Crippen molar-refractivity contribution in [3.63, 3.8) is 0 Å². The van der Waals surface area contributed by atoms with E-state index in [1.54, 1.807) is 7.11 Å². The van der Waals surface area contributed by atoms with Gasteiger partial charge in [0.2, 0.25) is 0 Å². The normalized spacial score (nSPS) is 15.1. The quantitative estimate of drug-likeness (QED) is 0.821. The van der Waals surface area contributed by atoms with Crippen LogP contribution in [-0.2, 0) is 12.8 Å². The molecule has 0 radical (unpaired) electrons. The van der Waals surface area contributed by atoms with Crippen LogP contribution < -0.4 is 14.8 Å². The number of aliphatic hydroxyl groups is 1. The highest BCUT2D eigenvalue weighted by Crippen LogP contribution is 2.31. The molecule has 2 aromatic rings. The molecule has 4 heteroatoms. The number of nitrogens with one attached hydrogen (secondary N) is 1. The molecule has 1 aliphatic rings. The van der Waals surface area contributed by atoms with E-state index < -0.39 is 0 Å². The molecule has 2 aromatic carbocycles. The fraction of sp³-hybridized carbons (Fsp3) is 0.400. The SMILES string of the molecule is COc1cc(C(C)NC2Cc3ccccc3C2)ccc1OCCO. The summed E-state index contributed by atoms with van der Waals surface area (Å²) in [5, 5.41) is 12.6. The molecule has 4 nitrogen and oxygen atoms in total. The molecule has 2 N–H and O–H groups in total. The van der Waals surface area contributed by atoms with Crippen molar-refractivity contribution in [2.24, 2.45) is 0 Å². The van der Waals surface area contributed by atoms with Crippen LogP contribution in [0, 0.1) is 0 Å². The maximum atomic E-state index is 8.89. The van der Waals surface area contributed by atoms with Gasteiger partial charge in [-0.3, -0.25) is 0 Å². The summed E-state index contributed by atoms with van der Waals surface area (Å²) in [6.07, 6.45) is 2.16. The van der Waals surface area contributed by atoms with E-state index in [0.717, 1.165) is 12.8 Å². The lowest BCUT2D eigenvalue weighted by Gasteiger charge is -2.21. The number of aliphatic hydroxyl groups excluding tert-OH is 1. The molecule has 0 heterocycles. The first-order chi connectivity index (χ1) is 11.7. The summed E-state index contributed by atoms with van der Waals surface area (Å²) in [6.45, 7) is 2.43. The average Bonchev–Trinajstić information content (AvgIpc) is 3.01. The number of hydrogen-bond acceptors (Lipinski definition) is 4. The Morgan fingerprint density at radius 2 is 1.83 bits per heavy atom. The summed E-state index contributed by atoms with van der Waals surface area (Å²) in [4.78, 5) is 0. The topological polar surface area (TPSA) is 50.7 Å². The third-order valence-corrected chi connectivity index (χ3v) is 4.57. The third kappa shape index (κ3) is 3.71. The van der Waals surface area contributed by atoms with Crippen LogP contribution in [-0.4, -0.2) is 31.5 Å². The van der Waals surface area contributed by atoms with Crippen molar-refractivity contribution in [1.29, 1.82) is 0 Å². The Morgan fingerprint density at radius 1 is 1.12 bits per heavy atom. The Morgan fingerprint density at radius 3 is 2.46 bits per heavy atom. The largest absolute Gasteiger partial charge is 0.493 e. The number of methoxy groups -OCH3 is 1. The van der Waals surface area contributed by atoms with E-state index in [1.165, 1.54) is 16.7 Å². The molecule has 0 saturated carbocycles. The van der Waals surface area contributed by atoms with Crippen molar-refractivity contribution in [2.45, 2.75) is 31.8 Å². The van der Waals surface area contributed by atoms with Gasteiger partial charge in [0.15, 0.2) is 11.5 Å². The van der Waals surface area contributed by atoms with E-state index in [4.69, 9.17) is 14.6 Å². The molecule has 24 heavy (non-hydrogen) atoms. The van der Waals surface area contributed by atoms with Crippen LogP contribution in [0.4, 0.5) is 0 Å². The molecule has 3 rings (SSSR count). The van der Waals surface area contributed by atoms with Crippen LogP contribution >= 0.6 is 0 Å². The first-order valence-corrected chi connectivity index (χ1v) is 8.45. The smallest absolute Gasteiger partial charge is 0.161 e. The molecular weight excluding hydrogens is 302 g/mol. The number of fused-ring (bicyclic) bond motifs is 1. The van der Waals surface area contributed by atoms with Crippen LogP contribution in [0.1, 0.15) is 29.7 Å². The lowest BCUT2D eigenvalue weighted by molar-refractivity contribution is 0.196. The number of benzene rings is 2. The summed E-state index contributed by atoms with van der Waals surface area (Å²) >= 11 is 0. The van der Waals surface area contributed by atoms with Gasteiger partial charge >= 0.3 is 0 Å². The van der Waals surface area contributed by atoms with E-state index in [1.807, 2.05) is 12.1 Å².